The van der Waals surface area contributed by atoms with Gasteiger partial charge in [-0.05, 0) is 54.7 Å². The highest BCUT2D eigenvalue weighted by atomic mass is 32.2. The Morgan fingerprint density at radius 3 is 2.16 bits per heavy atom. The molecule has 0 saturated carbocycles. The average Bonchev–Trinajstić information content (AvgIpc) is 2.76. The largest absolute Gasteiger partial charge is 0.452 e. The number of carbonyl (C=O) groups excluding carboxylic acids is 2. The molecule has 3 rings (SSSR count). The third-order valence-electron chi connectivity index (χ3n) is 5.42. The maximum absolute atomic E-state index is 12.8. The van der Waals surface area contributed by atoms with Crippen molar-refractivity contribution in [3.8, 4) is 0 Å². The van der Waals surface area contributed by atoms with E-state index in [1.807, 2.05) is 6.07 Å². The number of esters is 1. The first-order chi connectivity index (χ1) is 14.7. The minimum Gasteiger partial charge on any atom is -0.452 e. The highest BCUT2D eigenvalue weighted by molar-refractivity contribution is 7.92. The summed E-state index contributed by atoms with van der Waals surface area (Å²) in [6.45, 7) is 5.22. The van der Waals surface area contributed by atoms with Crippen molar-refractivity contribution >= 4 is 27.6 Å². The summed E-state index contributed by atoms with van der Waals surface area (Å²) in [5.74, 6) is -0.0268. The molecule has 31 heavy (non-hydrogen) atoms. The lowest BCUT2D eigenvalue weighted by Crippen LogP contribution is -2.44. The summed E-state index contributed by atoms with van der Waals surface area (Å²) in [5, 5.41) is 0. The lowest BCUT2D eigenvalue weighted by molar-refractivity contribution is -0.137. The van der Waals surface area contributed by atoms with Gasteiger partial charge in [-0.1, -0.05) is 32.0 Å². The molecule has 0 aliphatic carbocycles. The first kappa shape index (κ1) is 22.8. The predicted octanol–water partition coefficient (Wildman–Crippen LogP) is 3.17. The van der Waals surface area contributed by atoms with Crippen molar-refractivity contribution in [3.05, 3.63) is 60.2 Å². The van der Waals surface area contributed by atoms with E-state index in [0.717, 1.165) is 6.42 Å². The third-order valence-corrected chi connectivity index (χ3v) is 7.22. The number of piperidine rings is 1. The fourth-order valence-corrected chi connectivity index (χ4v) is 5.06. The standard InChI is InChI=1S/C23H28N2O5S/c1-17-13-18(2)15-25(14-17)22(26)16-30-23(27)19-9-11-21(12-10-19)31(28,29)24(3)20-7-5-4-6-8-20/h4-12,17-18H,13-16H2,1-3H3/t17-,18-/m1/s1. The number of sulfonamides is 1. The number of anilines is 1. The molecule has 1 saturated heterocycles. The normalized spacial score (nSPS) is 19.0. The minimum absolute atomic E-state index is 0.0581. The van der Waals surface area contributed by atoms with Gasteiger partial charge in [-0.15, -0.1) is 0 Å². The van der Waals surface area contributed by atoms with Crippen molar-refractivity contribution in [2.75, 3.05) is 31.0 Å². The van der Waals surface area contributed by atoms with Crippen molar-refractivity contribution < 1.29 is 22.7 Å². The van der Waals surface area contributed by atoms with Gasteiger partial charge in [0.2, 0.25) is 0 Å². The molecule has 8 heteroatoms. The van der Waals surface area contributed by atoms with Crippen molar-refractivity contribution in [2.45, 2.75) is 25.2 Å². The van der Waals surface area contributed by atoms with Gasteiger partial charge in [0.1, 0.15) is 0 Å². The molecule has 0 aromatic heterocycles. The van der Waals surface area contributed by atoms with Crippen LogP contribution in [0.1, 0.15) is 30.6 Å². The predicted molar refractivity (Wildman–Crippen MR) is 118 cm³/mol. The summed E-state index contributed by atoms with van der Waals surface area (Å²) in [7, 11) is -2.29. The molecule has 0 N–H and O–H groups in total. The summed E-state index contributed by atoms with van der Waals surface area (Å²) >= 11 is 0. The number of hydrogen-bond acceptors (Lipinski definition) is 5. The molecule has 1 heterocycles. The highest BCUT2D eigenvalue weighted by Gasteiger charge is 2.26. The van der Waals surface area contributed by atoms with Crippen LogP contribution in [0.25, 0.3) is 0 Å². The van der Waals surface area contributed by atoms with Crippen LogP contribution in [0, 0.1) is 11.8 Å². The van der Waals surface area contributed by atoms with Gasteiger partial charge in [0, 0.05) is 20.1 Å². The number of para-hydroxylation sites is 1. The molecule has 2 atom stereocenters. The lowest BCUT2D eigenvalue weighted by Gasteiger charge is -2.34. The van der Waals surface area contributed by atoms with Crippen LogP contribution in [0.15, 0.2) is 59.5 Å². The number of amides is 1. The number of hydrogen-bond donors (Lipinski definition) is 0. The van der Waals surface area contributed by atoms with Crippen LogP contribution in [-0.4, -0.2) is 51.9 Å². The van der Waals surface area contributed by atoms with Gasteiger partial charge in [0.05, 0.1) is 16.1 Å². The zero-order valence-corrected chi connectivity index (χ0v) is 18.8. The second kappa shape index (κ2) is 9.51. The molecule has 166 valence electrons. The smallest absolute Gasteiger partial charge is 0.338 e. The van der Waals surface area contributed by atoms with Crippen LogP contribution in [0.5, 0.6) is 0 Å². The lowest BCUT2D eigenvalue weighted by atomic mass is 9.92. The van der Waals surface area contributed by atoms with Crippen molar-refractivity contribution in [2.24, 2.45) is 11.8 Å². The van der Waals surface area contributed by atoms with E-state index in [4.69, 9.17) is 4.74 Å². The number of benzene rings is 2. The monoisotopic (exact) mass is 444 g/mol. The fraction of sp³-hybridized carbons (Fsp3) is 0.391. The number of nitrogens with zero attached hydrogens (tertiary/aromatic N) is 2. The second-order valence-corrected chi connectivity index (χ2v) is 10.1. The second-order valence-electron chi connectivity index (χ2n) is 8.15. The topological polar surface area (TPSA) is 84.0 Å². The van der Waals surface area contributed by atoms with Gasteiger partial charge < -0.3 is 9.64 Å². The summed E-state index contributed by atoms with van der Waals surface area (Å²) in [6, 6.07) is 14.2. The third kappa shape index (κ3) is 5.44. The zero-order chi connectivity index (χ0) is 22.6. The molecular formula is C23H28N2O5S. The van der Waals surface area contributed by atoms with Crippen LogP contribution >= 0.6 is 0 Å². The fourth-order valence-electron chi connectivity index (χ4n) is 3.87. The maximum Gasteiger partial charge on any atom is 0.338 e. The van der Waals surface area contributed by atoms with E-state index in [1.54, 1.807) is 29.2 Å². The average molecular weight is 445 g/mol. The molecule has 0 unspecified atom stereocenters. The molecule has 2 aromatic carbocycles. The molecule has 7 nitrogen and oxygen atoms in total. The van der Waals surface area contributed by atoms with E-state index < -0.39 is 16.0 Å². The van der Waals surface area contributed by atoms with Crippen LogP contribution in [0.4, 0.5) is 5.69 Å². The van der Waals surface area contributed by atoms with E-state index >= 15 is 0 Å². The first-order valence-corrected chi connectivity index (χ1v) is 11.7. The van der Waals surface area contributed by atoms with Gasteiger partial charge in [-0.2, -0.15) is 0 Å². The SMILES string of the molecule is C[C@@H]1C[C@@H](C)CN(C(=O)COC(=O)c2ccc(S(=O)(=O)N(C)c3ccccc3)cc2)C1. The van der Waals surface area contributed by atoms with E-state index in [0.29, 0.717) is 30.6 Å². The molecule has 1 fully saturated rings. The molecule has 0 spiro atoms. The quantitative estimate of drug-likeness (QED) is 0.639. The van der Waals surface area contributed by atoms with Crippen LogP contribution in [0.3, 0.4) is 0 Å². The number of likely N-dealkylation sites (tertiary alicyclic amines) is 1. The molecular weight excluding hydrogens is 416 g/mol. The van der Waals surface area contributed by atoms with E-state index in [2.05, 4.69) is 13.8 Å². The Morgan fingerprint density at radius 1 is 1.00 bits per heavy atom. The van der Waals surface area contributed by atoms with E-state index in [1.165, 1.54) is 35.6 Å². The Morgan fingerprint density at radius 2 is 1.58 bits per heavy atom. The van der Waals surface area contributed by atoms with Crippen LogP contribution in [0.2, 0.25) is 0 Å². The Bertz CT molecular complexity index is 1010. The summed E-state index contributed by atoms with van der Waals surface area (Å²) in [6.07, 6.45) is 1.08. The summed E-state index contributed by atoms with van der Waals surface area (Å²) in [5.41, 5.74) is 0.723. The first-order valence-electron chi connectivity index (χ1n) is 10.3. The Kier molecular flexibility index (Phi) is 7.00. The Labute approximate surface area is 183 Å². The number of carbonyl (C=O) groups is 2. The van der Waals surface area contributed by atoms with Gasteiger partial charge >= 0.3 is 5.97 Å². The molecule has 1 aliphatic rings. The molecule has 1 amide bonds. The highest BCUT2D eigenvalue weighted by Crippen LogP contribution is 2.23. The van der Waals surface area contributed by atoms with Crippen LogP contribution in [-0.2, 0) is 19.6 Å². The zero-order valence-electron chi connectivity index (χ0n) is 18.0. The van der Waals surface area contributed by atoms with Gasteiger partial charge in [-0.25, -0.2) is 13.2 Å². The minimum atomic E-state index is -3.76. The van der Waals surface area contributed by atoms with E-state index in [-0.39, 0.29) is 23.0 Å². The van der Waals surface area contributed by atoms with Gasteiger partial charge in [0.25, 0.3) is 15.9 Å². The van der Waals surface area contributed by atoms with E-state index in [9.17, 15) is 18.0 Å². The number of ether oxygens (including phenoxy) is 1. The summed E-state index contributed by atoms with van der Waals surface area (Å²) < 4.78 is 32.0. The van der Waals surface area contributed by atoms with Gasteiger partial charge in [0.15, 0.2) is 6.61 Å². The molecule has 2 aromatic rings. The summed E-state index contributed by atoms with van der Waals surface area (Å²) in [4.78, 5) is 26.5. The molecule has 1 aliphatic heterocycles. The number of rotatable bonds is 6. The van der Waals surface area contributed by atoms with Gasteiger partial charge in [-0.3, -0.25) is 9.10 Å². The van der Waals surface area contributed by atoms with Crippen LogP contribution < -0.4 is 4.31 Å². The van der Waals surface area contributed by atoms with Crippen molar-refractivity contribution in [1.82, 2.24) is 4.90 Å². The molecule has 0 bridgehead atoms. The van der Waals surface area contributed by atoms with Crippen molar-refractivity contribution in [3.63, 3.8) is 0 Å². The Balaban J connectivity index is 1.62. The maximum atomic E-state index is 12.8. The molecule has 0 radical (unpaired) electrons. The Hall–Kier alpha value is -2.87. The van der Waals surface area contributed by atoms with Crippen molar-refractivity contribution in [1.29, 1.82) is 0 Å².